The third kappa shape index (κ3) is 4.08. The molecule has 0 aromatic heterocycles. The summed E-state index contributed by atoms with van der Waals surface area (Å²) in [7, 11) is 3.98. The van der Waals surface area contributed by atoms with Gasteiger partial charge in [0.05, 0.1) is 21.3 Å². The van der Waals surface area contributed by atoms with E-state index >= 15 is 0 Å². The molecule has 7 nitrogen and oxygen atoms in total. The van der Waals surface area contributed by atoms with Crippen molar-refractivity contribution in [2.75, 3.05) is 40.3 Å². The SMILES string of the molecule is COc1cc(S(=O)(=O)Oc2ccc(N(C)C)cc2)cc(OC)c1OC. The molecule has 0 aliphatic rings. The highest BCUT2D eigenvalue weighted by Crippen LogP contribution is 2.39. The van der Waals surface area contributed by atoms with Crippen molar-refractivity contribution in [3.8, 4) is 23.0 Å². The predicted molar refractivity (Wildman–Crippen MR) is 94.7 cm³/mol. The summed E-state index contributed by atoms with van der Waals surface area (Å²) in [6, 6.07) is 9.35. The fourth-order valence-corrected chi connectivity index (χ4v) is 3.14. The molecule has 0 N–H and O–H groups in total. The second-order valence-corrected chi connectivity index (χ2v) is 6.83. The van der Waals surface area contributed by atoms with Crippen molar-refractivity contribution in [3.63, 3.8) is 0 Å². The van der Waals surface area contributed by atoms with Crippen LogP contribution in [-0.2, 0) is 10.1 Å². The first-order valence-corrected chi connectivity index (χ1v) is 8.75. The molecule has 0 saturated carbocycles. The zero-order valence-electron chi connectivity index (χ0n) is 14.8. The van der Waals surface area contributed by atoms with Crippen LogP contribution in [0.4, 0.5) is 5.69 Å². The number of rotatable bonds is 7. The van der Waals surface area contributed by atoms with Crippen LogP contribution in [0.1, 0.15) is 0 Å². The third-order valence-corrected chi connectivity index (χ3v) is 4.71. The van der Waals surface area contributed by atoms with Crippen LogP contribution in [0.25, 0.3) is 0 Å². The largest absolute Gasteiger partial charge is 0.493 e. The molecule has 2 rings (SSSR count). The Morgan fingerprint density at radius 2 is 1.36 bits per heavy atom. The van der Waals surface area contributed by atoms with E-state index in [0.29, 0.717) is 5.75 Å². The van der Waals surface area contributed by atoms with Gasteiger partial charge < -0.3 is 23.3 Å². The summed E-state index contributed by atoms with van der Waals surface area (Å²) in [6.45, 7) is 0. The highest BCUT2D eigenvalue weighted by atomic mass is 32.2. The van der Waals surface area contributed by atoms with E-state index in [1.165, 1.54) is 33.5 Å². The quantitative estimate of drug-likeness (QED) is 0.696. The van der Waals surface area contributed by atoms with E-state index in [1.807, 2.05) is 19.0 Å². The molecule has 0 spiro atoms. The molecule has 0 atom stereocenters. The molecule has 8 heteroatoms. The van der Waals surface area contributed by atoms with Gasteiger partial charge in [0.25, 0.3) is 0 Å². The van der Waals surface area contributed by atoms with Crippen LogP contribution in [0, 0.1) is 0 Å². The molecule has 0 heterocycles. The number of nitrogens with zero attached hydrogens (tertiary/aromatic N) is 1. The summed E-state index contributed by atoms with van der Waals surface area (Å²) in [6.07, 6.45) is 0. The van der Waals surface area contributed by atoms with E-state index in [0.717, 1.165) is 5.69 Å². The first-order chi connectivity index (χ1) is 11.8. The number of ether oxygens (including phenoxy) is 3. The van der Waals surface area contributed by atoms with E-state index in [4.69, 9.17) is 18.4 Å². The van der Waals surface area contributed by atoms with E-state index in [-0.39, 0.29) is 22.1 Å². The molecular weight excluding hydrogens is 346 g/mol. The highest BCUT2D eigenvalue weighted by molar-refractivity contribution is 7.87. The molecule has 0 bridgehead atoms. The van der Waals surface area contributed by atoms with Crippen molar-refractivity contribution in [2.45, 2.75) is 4.90 Å². The van der Waals surface area contributed by atoms with E-state index < -0.39 is 10.1 Å². The zero-order valence-corrected chi connectivity index (χ0v) is 15.6. The van der Waals surface area contributed by atoms with Gasteiger partial charge in [-0.1, -0.05) is 0 Å². The maximum absolute atomic E-state index is 12.6. The average Bonchev–Trinajstić information content (AvgIpc) is 2.60. The van der Waals surface area contributed by atoms with Gasteiger partial charge in [-0.15, -0.1) is 0 Å². The van der Waals surface area contributed by atoms with Gasteiger partial charge in [-0.25, -0.2) is 0 Å². The van der Waals surface area contributed by atoms with Crippen LogP contribution < -0.4 is 23.3 Å². The van der Waals surface area contributed by atoms with Crippen LogP contribution >= 0.6 is 0 Å². The Kier molecular flexibility index (Phi) is 5.63. The minimum absolute atomic E-state index is 0.0984. The van der Waals surface area contributed by atoms with E-state index in [1.54, 1.807) is 24.3 Å². The van der Waals surface area contributed by atoms with Crippen molar-refractivity contribution in [1.82, 2.24) is 0 Å². The Labute approximate surface area is 147 Å². The van der Waals surface area contributed by atoms with Gasteiger partial charge in [-0.05, 0) is 24.3 Å². The van der Waals surface area contributed by atoms with Crippen molar-refractivity contribution < 1.29 is 26.8 Å². The second kappa shape index (κ2) is 7.52. The summed E-state index contributed by atoms with van der Waals surface area (Å²) in [5.41, 5.74) is 0.928. The molecule has 2 aromatic carbocycles. The zero-order chi connectivity index (χ0) is 18.6. The number of anilines is 1. The Hall–Kier alpha value is -2.61. The van der Waals surface area contributed by atoms with E-state index in [2.05, 4.69) is 0 Å². The molecule has 0 fully saturated rings. The summed E-state index contributed by atoms with van der Waals surface area (Å²) in [5, 5.41) is 0. The second-order valence-electron chi connectivity index (χ2n) is 5.29. The maximum Gasteiger partial charge on any atom is 0.339 e. The smallest absolute Gasteiger partial charge is 0.339 e. The molecule has 0 unspecified atom stereocenters. The van der Waals surface area contributed by atoms with Gasteiger partial charge in [0, 0.05) is 31.9 Å². The third-order valence-electron chi connectivity index (χ3n) is 3.49. The minimum atomic E-state index is -4.07. The monoisotopic (exact) mass is 367 g/mol. The molecular formula is C17H21NO6S. The molecule has 0 amide bonds. The summed E-state index contributed by atoms with van der Waals surface area (Å²) in [5.74, 6) is 0.970. The van der Waals surface area contributed by atoms with Gasteiger partial charge in [-0.2, -0.15) is 8.42 Å². The molecule has 25 heavy (non-hydrogen) atoms. The van der Waals surface area contributed by atoms with Crippen molar-refractivity contribution in [2.24, 2.45) is 0 Å². The summed E-state index contributed by atoms with van der Waals surface area (Å²) >= 11 is 0. The Morgan fingerprint density at radius 1 is 0.840 bits per heavy atom. The maximum atomic E-state index is 12.6. The Balaban J connectivity index is 2.39. The lowest BCUT2D eigenvalue weighted by Crippen LogP contribution is -2.11. The molecule has 136 valence electrons. The molecule has 0 saturated heterocycles. The molecule has 0 aliphatic heterocycles. The normalized spacial score (nSPS) is 10.9. The molecule has 2 aromatic rings. The van der Waals surface area contributed by atoms with Gasteiger partial charge in [0.15, 0.2) is 11.5 Å². The topological polar surface area (TPSA) is 74.3 Å². The fourth-order valence-electron chi connectivity index (χ4n) is 2.18. The van der Waals surface area contributed by atoms with Crippen molar-refractivity contribution >= 4 is 15.8 Å². The van der Waals surface area contributed by atoms with Crippen LogP contribution in [0.3, 0.4) is 0 Å². The number of methoxy groups -OCH3 is 3. The number of benzene rings is 2. The van der Waals surface area contributed by atoms with Crippen LogP contribution in [0.2, 0.25) is 0 Å². The van der Waals surface area contributed by atoms with Crippen molar-refractivity contribution in [1.29, 1.82) is 0 Å². The standard InChI is InChI=1S/C17H21NO6S/c1-18(2)12-6-8-13(9-7-12)24-25(19,20)14-10-15(21-3)17(23-5)16(11-14)22-4/h6-11H,1-5H3. The van der Waals surface area contributed by atoms with E-state index in [9.17, 15) is 8.42 Å². The summed E-state index contributed by atoms with van der Waals surface area (Å²) in [4.78, 5) is 1.80. The lowest BCUT2D eigenvalue weighted by atomic mass is 10.3. The van der Waals surface area contributed by atoms with Crippen LogP contribution in [0.15, 0.2) is 41.3 Å². The van der Waals surface area contributed by atoms with Gasteiger partial charge in [-0.3, -0.25) is 0 Å². The summed E-state index contributed by atoms with van der Waals surface area (Å²) < 4.78 is 45.9. The Morgan fingerprint density at radius 3 is 1.76 bits per heavy atom. The lowest BCUT2D eigenvalue weighted by molar-refractivity contribution is 0.322. The number of hydrogen-bond donors (Lipinski definition) is 0. The lowest BCUT2D eigenvalue weighted by Gasteiger charge is -2.15. The first-order valence-electron chi connectivity index (χ1n) is 7.34. The number of hydrogen-bond acceptors (Lipinski definition) is 7. The van der Waals surface area contributed by atoms with Gasteiger partial charge >= 0.3 is 10.1 Å². The highest BCUT2D eigenvalue weighted by Gasteiger charge is 2.23. The average molecular weight is 367 g/mol. The molecule has 0 radical (unpaired) electrons. The predicted octanol–water partition coefficient (Wildman–Crippen LogP) is 2.55. The molecule has 0 aliphatic carbocycles. The Bertz CT molecular complexity index is 806. The van der Waals surface area contributed by atoms with Crippen molar-refractivity contribution in [3.05, 3.63) is 36.4 Å². The van der Waals surface area contributed by atoms with Crippen LogP contribution in [-0.4, -0.2) is 43.8 Å². The minimum Gasteiger partial charge on any atom is -0.493 e. The van der Waals surface area contributed by atoms with Crippen LogP contribution in [0.5, 0.6) is 23.0 Å². The first kappa shape index (κ1) is 18.7. The fraction of sp³-hybridized carbons (Fsp3) is 0.294. The van der Waals surface area contributed by atoms with Gasteiger partial charge in [0.1, 0.15) is 10.6 Å². The van der Waals surface area contributed by atoms with Gasteiger partial charge in [0.2, 0.25) is 5.75 Å².